The number of hydrogen-bond acceptors (Lipinski definition) is 4. The van der Waals surface area contributed by atoms with Crippen LogP contribution in [0.1, 0.15) is 15.9 Å². The molecule has 1 aromatic rings. The minimum absolute atomic E-state index is 0.0432. The molecule has 6 heteroatoms. The molecule has 0 aliphatic carbocycles. The number of likely N-dealkylation sites (N-methyl/N-ethyl adjacent to an activating group) is 1. The number of benzene rings is 1. The lowest BCUT2D eigenvalue weighted by atomic mass is 10.0. The number of carbonyl (C=O) groups excluding carboxylic acids is 1. The fraction of sp³-hybridized carbons (Fsp3) is 0.429. The second kappa shape index (κ2) is 5.50. The zero-order valence-electron chi connectivity index (χ0n) is 11.4. The summed E-state index contributed by atoms with van der Waals surface area (Å²) in [6, 6.07) is 4.20. The number of aliphatic carboxylic acids is 1. The Bertz CT molecular complexity index is 542. The number of amides is 1. The van der Waals surface area contributed by atoms with Crippen LogP contribution in [0.3, 0.4) is 0 Å². The van der Waals surface area contributed by atoms with Crippen LogP contribution >= 0.6 is 0 Å². The van der Waals surface area contributed by atoms with Gasteiger partial charge in [0.15, 0.2) is 0 Å². The molecule has 0 spiro atoms. The van der Waals surface area contributed by atoms with Crippen LogP contribution in [0.4, 0.5) is 0 Å². The van der Waals surface area contributed by atoms with E-state index in [0.29, 0.717) is 11.1 Å². The first kappa shape index (κ1) is 14.3. The number of ether oxygens (including phenoxy) is 1. The van der Waals surface area contributed by atoms with E-state index in [2.05, 4.69) is 0 Å². The molecule has 1 saturated heterocycles. The lowest BCUT2D eigenvalue weighted by molar-refractivity contribution is -0.142. The Labute approximate surface area is 116 Å². The van der Waals surface area contributed by atoms with Crippen molar-refractivity contribution in [2.24, 2.45) is 5.92 Å². The van der Waals surface area contributed by atoms with Crippen LogP contribution < -0.4 is 0 Å². The molecule has 1 aromatic carbocycles. The molecular weight excluding hydrogens is 262 g/mol. The van der Waals surface area contributed by atoms with Crippen molar-refractivity contribution in [3.8, 4) is 5.75 Å². The molecule has 1 amide bonds. The third kappa shape index (κ3) is 2.46. The molecule has 6 nitrogen and oxygen atoms in total. The summed E-state index contributed by atoms with van der Waals surface area (Å²) in [6.45, 7) is 1.96. The van der Waals surface area contributed by atoms with Crippen molar-refractivity contribution in [1.82, 2.24) is 4.90 Å². The molecule has 2 atom stereocenters. The number of phenols is 1. The zero-order valence-corrected chi connectivity index (χ0v) is 11.4. The van der Waals surface area contributed by atoms with Gasteiger partial charge in [-0.25, -0.2) is 0 Å². The Morgan fingerprint density at radius 1 is 1.35 bits per heavy atom. The van der Waals surface area contributed by atoms with E-state index in [-0.39, 0.29) is 24.9 Å². The lowest BCUT2D eigenvalue weighted by Gasteiger charge is -2.27. The molecule has 0 saturated carbocycles. The fourth-order valence-electron chi connectivity index (χ4n) is 2.36. The number of carboxylic acid groups (broad SMARTS) is 1. The van der Waals surface area contributed by atoms with E-state index in [1.165, 1.54) is 11.0 Å². The number of aromatic hydroxyl groups is 1. The summed E-state index contributed by atoms with van der Waals surface area (Å²) in [5.74, 6) is -1.97. The van der Waals surface area contributed by atoms with Crippen molar-refractivity contribution < 1.29 is 24.5 Å². The predicted octanol–water partition coefficient (Wildman–Crippen LogP) is 0.872. The van der Waals surface area contributed by atoms with E-state index < -0.39 is 17.9 Å². The van der Waals surface area contributed by atoms with Gasteiger partial charge in [0, 0.05) is 18.2 Å². The highest BCUT2D eigenvalue weighted by atomic mass is 16.5. The first-order valence-corrected chi connectivity index (χ1v) is 6.29. The Kier molecular flexibility index (Phi) is 3.94. The zero-order chi connectivity index (χ0) is 14.9. The quantitative estimate of drug-likeness (QED) is 0.857. The molecule has 0 radical (unpaired) electrons. The van der Waals surface area contributed by atoms with Crippen molar-refractivity contribution in [1.29, 1.82) is 0 Å². The standard InChI is InChI=1S/C14H17NO5/c1-8-9(4-3-5-12(8)16)13(17)15(2)11-7-20-6-10(11)14(18)19/h3-5,10-11,16H,6-7H2,1-2H3,(H,18,19). The summed E-state index contributed by atoms with van der Waals surface area (Å²) in [6.07, 6.45) is 0. The molecular formula is C14H17NO5. The van der Waals surface area contributed by atoms with Gasteiger partial charge in [0.2, 0.25) is 0 Å². The number of nitrogens with zero attached hydrogens (tertiary/aromatic N) is 1. The predicted molar refractivity (Wildman–Crippen MR) is 70.7 cm³/mol. The summed E-state index contributed by atoms with van der Waals surface area (Å²) in [4.78, 5) is 25.0. The van der Waals surface area contributed by atoms with Gasteiger partial charge in [-0.05, 0) is 19.1 Å². The highest BCUT2D eigenvalue weighted by Crippen LogP contribution is 2.24. The maximum Gasteiger partial charge on any atom is 0.311 e. The molecule has 1 aliphatic heterocycles. The molecule has 0 aromatic heterocycles. The SMILES string of the molecule is Cc1c(O)cccc1C(=O)N(C)C1COCC1C(=O)O. The van der Waals surface area contributed by atoms with E-state index in [9.17, 15) is 14.7 Å². The van der Waals surface area contributed by atoms with Crippen molar-refractivity contribution in [3.05, 3.63) is 29.3 Å². The number of phenolic OH excluding ortho intramolecular Hbond substituents is 1. The van der Waals surface area contributed by atoms with Gasteiger partial charge in [0.05, 0.1) is 19.3 Å². The normalized spacial score (nSPS) is 21.7. The van der Waals surface area contributed by atoms with Gasteiger partial charge < -0.3 is 19.8 Å². The monoisotopic (exact) mass is 279 g/mol. The van der Waals surface area contributed by atoms with Crippen LogP contribution in [0, 0.1) is 12.8 Å². The second-order valence-electron chi connectivity index (χ2n) is 4.92. The summed E-state index contributed by atoms with van der Waals surface area (Å²) in [5, 5.41) is 18.8. The Morgan fingerprint density at radius 3 is 2.70 bits per heavy atom. The Hall–Kier alpha value is -2.08. The summed E-state index contributed by atoms with van der Waals surface area (Å²) >= 11 is 0. The minimum atomic E-state index is -0.972. The number of rotatable bonds is 3. The van der Waals surface area contributed by atoms with Crippen LogP contribution in [0.15, 0.2) is 18.2 Å². The smallest absolute Gasteiger partial charge is 0.311 e. The highest BCUT2D eigenvalue weighted by Gasteiger charge is 2.38. The maximum absolute atomic E-state index is 12.4. The molecule has 1 heterocycles. The van der Waals surface area contributed by atoms with E-state index in [1.807, 2.05) is 0 Å². The van der Waals surface area contributed by atoms with Gasteiger partial charge in [-0.1, -0.05) is 6.07 Å². The average Bonchev–Trinajstić information content (AvgIpc) is 2.89. The van der Waals surface area contributed by atoms with Gasteiger partial charge in [0.1, 0.15) is 11.7 Å². The molecule has 2 unspecified atom stereocenters. The van der Waals surface area contributed by atoms with Gasteiger partial charge in [-0.2, -0.15) is 0 Å². The van der Waals surface area contributed by atoms with E-state index in [0.717, 1.165) is 0 Å². The molecule has 0 bridgehead atoms. The van der Waals surface area contributed by atoms with E-state index in [1.54, 1.807) is 26.1 Å². The summed E-state index contributed by atoms with van der Waals surface area (Å²) < 4.78 is 5.17. The van der Waals surface area contributed by atoms with E-state index >= 15 is 0 Å². The lowest BCUT2D eigenvalue weighted by Crippen LogP contribution is -2.44. The largest absolute Gasteiger partial charge is 0.508 e. The van der Waals surface area contributed by atoms with Crippen molar-refractivity contribution in [2.75, 3.05) is 20.3 Å². The van der Waals surface area contributed by atoms with Crippen molar-refractivity contribution in [3.63, 3.8) is 0 Å². The van der Waals surface area contributed by atoms with Crippen LogP contribution in [0.5, 0.6) is 5.75 Å². The Balaban J connectivity index is 2.24. The number of hydrogen-bond donors (Lipinski definition) is 2. The van der Waals surface area contributed by atoms with Gasteiger partial charge >= 0.3 is 5.97 Å². The third-order valence-corrected chi connectivity index (χ3v) is 3.72. The molecule has 2 rings (SSSR count). The van der Waals surface area contributed by atoms with Crippen molar-refractivity contribution in [2.45, 2.75) is 13.0 Å². The van der Waals surface area contributed by atoms with Gasteiger partial charge in [0.25, 0.3) is 5.91 Å². The van der Waals surface area contributed by atoms with Crippen molar-refractivity contribution >= 4 is 11.9 Å². The van der Waals surface area contributed by atoms with Crippen LogP contribution in [-0.2, 0) is 9.53 Å². The maximum atomic E-state index is 12.4. The van der Waals surface area contributed by atoms with Gasteiger partial charge in [-0.3, -0.25) is 9.59 Å². The molecule has 1 aliphatic rings. The minimum Gasteiger partial charge on any atom is -0.508 e. The summed E-state index contributed by atoms with van der Waals surface area (Å²) in [5.41, 5.74) is 0.846. The number of carboxylic acids is 1. The molecule has 20 heavy (non-hydrogen) atoms. The van der Waals surface area contributed by atoms with Gasteiger partial charge in [-0.15, -0.1) is 0 Å². The molecule has 2 N–H and O–H groups in total. The fourth-order valence-corrected chi connectivity index (χ4v) is 2.36. The second-order valence-corrected chi connectivity index (χ2v) is 4.92. The molecule has 108 valence electrons. The van der Waals surface area contributed by atoms with Crippen LogP contribution in [0.25, 0.3) is 0 Å². The number of carbonyl (C=O) groups is 2. The van der Waals surface area contributed by atoms with Crippen LogP contribution in [0.2, 0.25) is 0 Å². The van der Waals surface area contributed by atoms with Crippen LogP contribution in [-0.4, -0.2) is 53.3 Å². The summed E-state index contributed by atoms with van der Waals surface area (Å²) in [7, 11) is 1.56. The first-order valence-electron chi connectivity index (χ1n) is 6.29. The topological polar surface area (TPSA) is 87.1 Å². The first-order chi connectivity index (χ1) is 9.43. The highest BCUT2D eigenvalue weighted by molar-refractivity contribution is 5.96. The molecule has 1 fully saturated rings. The third-order valence-electron chi connectivity index (χ3n) is 3.72. The van der Waals surface area contributed by atoms with E-state index in [4.69, 9.17) is 9.84 Å². The Morgan fingerprint density at radius 2 is 2.05 bits per heavy atom. The average molecular weight is 279 g/mol.